The molecule has 2 N–H and O–H groups in total. The van der Waals surface area contributed by atoms with E-state index in [0.717, 1.165) is 16.9 Å². The second kappa shape index (κ2) is 6.06. The Labute approximate surface area is 117 Å². The molecule has 1 amide bonds. The van der Waals surface area contributed by atoms with E-state index in [1.807, 2.05) is 24.3 Å². The van der Waals surface area contributed by atoms with Crippen molar-refractivity contribution in [3.05, 3.63) is 58.5 Å². The summed E-state index contributed by atoms with van der Waals surface area (Å²) in [5, 5.41) is 6.03. The number of para-hydroxylation sites is 1. The molecule has 0 saturated heterocycles. The molecular formula is C15H17N3O2. The number of hydrogen-bond acceptors (Lipinski definition) is 3. The summed E-state index contributed by atoms with van der Waals surface area (Å²) in [5.74, 6) is -0.0976. The Balaban J connectivity index is 2.12. The zero-order valence-electron chi connectivity index (χ0n) is 11.5. The average molecular weight is 271 g/mol. The molecule has 0 bridgehead atoms. The van der Waals surface area contributed by atoms with Gasteiger partial charge in [-0.3, -0.25) is 9.59 Å². The van der Waals surface area contributed by atoms with E-state index in [9.17, 15) is 9.59 Å². The van der Waals surface area contributed by atoms with Crippen molar-refractivity contribution < 1.29 is 4.79 Å². The fourth-order valence-electron chi connectivity index (χ4n) is 1.88. The maximum Gasteiger partial charge on any atom is 0.250 e. The fourth-order valence-corrected chi connectivity index (χ4v) is 1.88. The summed E-state index contributed by atoms with van der Waals surface area (Å²) < 4.78 is 1.52. The van der Waals surface area contributed by atoms with Crippen LogP contribution in [0.15, 0.2) is 47.4 Å². The predicted molar refractivity (Wildman–Crippen MR) is 79.8 cm³/mol. The number of carbonyl (C=O) groups is 1. The quantitative estimate of drug-likeness (QED) is 0.893. The van der Waals surface area contributed by atoms with Crippen LogP contribution in [-0.4, -0.2) is 10.5 Å². The molecule has 0 aliphatic rings. The van der Waals surface area contributed by atoms with Crippen LogP contribution in [0, 0.1) is 0 Å². The first kappa shape index (κ1) is 13.9. The highest BCUT2D eigenvalue weighted by molar-refractivity contribution is 5.89. The highest BCUT2D eigenvalue weighted by atomic mass is 16.1. The molecule has 1 heterocycles. The van der Waals surface area contributed by atoms with Crippen LogP contribution in [0.5, 0.6) is 0 Å². The Kier molecular flexibility index (Phi) is 4.20. The molecule has 5 nitrogen and oxygen atoms in total. The van der Waals surface area contributed by atoms with Crippen molar-refractivity contribution in [3.8, 4) is 0 Å². The molecule has 104 valence electrons. The molecule has 1 aromatic heterocycles. The third-order valence-corrected chi connectivity index (χ3v) is 2.90. The number of aromatic nitrogens is 1. The Bertz CT molecular complexity index is 677. The van der Waals surface area contributed by atoms with Crippen molar-refractivity contribution in [1.29, 1.82) is 0 Å². The lowest BCUT2D eigenvalue weighted by molar-refractivity contribution is -0.114. The highest BCUT2D eigenvalue weighted by Gasteiger charge is 2.03. The van der Waals surface area contributed by atoms with Crippen molar-refractivity contribution in [3.63, 3.8) is 0 Å². The summed E-state index contributed by atoms with van der Waals surface area (Å²) in [5.41, 5.74) is 2.58. The predicted octanol–water partition coefficient (Wildman–Crippen LogP) is 1.96. The van der Waals surface area contributed by atoms with Crippen molar-refractivity contribution in [2.45, 2.75) is 13.5 Å². The Hall–Kier alpha value is -2.56. The molecular weight excluding hydrogens is 254 g/mol. The number of rotatable bonds is 4. The summed E-state index contributed by atoms with van der Waals surface area (Å²) in [7, 11) is 1.71. The zero-order valence-corrected chi connectivity index (χ0v) is 11.5. The van der Waals surface area contributed by atoms with Crippen molar-refractivity contribution in [2.75, 3.05) is 10.6 Å². The van der Waals surface area contributed by atoms with E-state index in [1.54, 1.807) is 19.3 Å². The van der Waals surface area contributed by atoms with Crippen LogP contribution in [0.3, 0.4) is 0 Å². The van der Waals surface area contributed by atoms with Crippen molar-refractivity contribution in [2.24, 2.45) is 7.05 Å². The minimum Gasteiger partial charge on any atom is -0.380 e. The van der Waals surface area contributed by atoms with Gasteiger partial charge in [-0.1, -0.05) is 18.2 Å². The van der Waals surface area contributed by atoms with Gasteiger partial charge in [-0.05, 0) is 17.7 Å². The standard InChI is InChI=1S/C15H17N3O2/c1-11(19)17-14-6-4-3-5-12(14)9-16-13-7-8-15(20)18(2)10-13/h3-8,10,16H,9H2,1-2H3,(H,17,19). The zero-order chi connectivity index (χ0) is 14.5. The number of carbonyl (C=O) groups excluding carboxylic acids is 1. The average Bonchev–Trinajstić information content (AvgIpc) is 2.41. The lowest BCUT2D eigenvalue weighted by atomic mass is 10.1. The van der Waals surface area contributed by atoms with Crippen molar-refractivity contribution >= 4 is 17.3 Å². The SMILES string of the molecule is CC(=O)Nc1ccccc1CNc1ccc(=O)n(C)c1. The molecule has 1 aromatic carbocycles. The second-order valence-electron chi connectivity index (χ2n) is 4.56. The van der Waals surface area contributed by atoms with Gasteiger partial charge in [0.05, 0.1) is 5.69 Å². The Morgan fingerprint density at radius 1 is 1.20 bits per heavy atom. The van der Waals surface area contributed by atoms with Crippen LogP contribution in [-0.2, 0) is 18.4 Å². The number of pyridine rings is 1. The molecule has 0 radical (unpaired) electrons. The van der Waals surface area contributed by atoms with Gasteiger partial charge in [0.2, 0.25) is 11.5 Å². The molecule has 0 saturated carbocycles. The van der Waals surface area contributed by atoms with Gasteiger partial charge in [0.25, 0.3) is 0 Å². The second-order valence-corrected chi connectivity index (χ2v) is 4.56. The van der Waals surface area contributed by atoms with E-state index in [0.29, 0.717) is 6.54 Å². The van der Waals surface area contributed by atoms with E-state index in [4.69, 9.17) is 0 Å². The number of benzene rings is 1. The molecule has 2 rings (SSSR count). The maximum atomic E-state index is 11.3. The maximum absolute atomic E-state index is 11.3. The number of nitrogens with one attached hydrogen (secondary N) is 2. The fraction of sp³-hybridized carbons (Fsp3) is 0.200. The van der Waals surface area contributed by atoms with E-state index in [1.165, 1.54) is 17.6 Å². The van der Waals surface area contributed by atoms with Gasteiger partial charge in [0.1, 0.15) is 0 Å². The van der Waals surface area contributed by atoms with Gasteiger partial charge in [-0.25, -0.2) is 0 Å². The summed E-state index contributed by atoms with van der Waals surface area (Å²) in [4.78, 5) is 22.5. The molecule has 0 unspecified atom stereocenters. The van der Waals surface area contributed by atoms with Gasteiger partial charge in [-0.15, -0.1) is 0 Å². The lowest BCUT2D eigenvalue weighted by Crippen LogP contribution is -2.15. The molecule has 0 aliphatic heterocycles. The largest absolute Gasteiger partial charge is 0.380 e. The smallest absolute Gasteiger partial charge is 0.250 e. The minimum atomic E-state index is -0.0976. The van der Waals surface area contributed by atoms with Crippen LogP contribution < -0.4 is 16.2 Å². The first-order valence-electron chi connectivity index (χ1n) is 6.32. The molecule has 5 heteroatoms. The van der Waals surface area contributed by atoms with Gasteiger partial charge in [0, 0.05) is 38.5 Å². The molecule has 0 atom stereocenters. The summed E-state index contributed by atoms with van der Waals surface area (Å²) in [6.07, 6.45) is 1.74. The molecule has 20 heavy (non-hydrogen) atoms. The van der Waals surface area contributed by atoms with Gasteiger partial charge in [0.15, 0.2) is 0 Å². The van der Waals surface area contributed by atoms with Crippen LogP contribution in [0.1, 0.15) is 12.5 Å². The van der Waals surface area contributed by atoms with Gasteiger partial charge < -0.3 is 15.2 Å². The highest BCUT2D eigenvalue weighted by Crippen LogP contribution is 2.16. The molecule has 2 aromatic rings. The molecule has 0 spiro atoms. The monoisotopic (exact) mass is 271 g/mol. The summed E-state index contributed by atoms with van der Waals surface area (Å²) >= 11 is 0. The minimum absolute atomic E-state index is 0.0470. The van der Waals surface area contributed by atoms with E-state index < -0.39 is 0 Å². The van der Waals surface area contributed by atoms with Crippen LogP contribution >= 0.6 is 0 Å². The first-order chi connectivity index (χ1) is 9.56. The number of nitrogens with zero attached hydrogens (tertiary/aromatic N) is 1. The van der Waals surface area contributed by atoms with E-state index in [2.05, 4.69) is 10.6 Å². The lowest BCUT2D eigenvalue weighted by Gasteiger charge is -2.12. The normalized spacial score (nSPS) is 10.1. The topological polar surface area (TPSA) is 63.1 Å². The third-order valence-electron chi connectivity index (χ3n) is 2.90. The third kappa shape index (κ3) is 3.47. The van der Waals surface area contributed by atoms with Gasteiger partial charge >= 0.3 is 0 Å². The van der Waals surface area contributed by atoms with Crippen LogP contribution in [0.2, 0.25) is 0 Å². The summed E-state index contributed by atoms with van der Waals surface area (Å²) in [6, 6.07) is 10.9. The first-order valence-corrected chi connectivity index (χ1v) is 6.32. The van der Waals surface area contributed by atoms with Crippen LogP contribution in [0.25, 0.3) is 0 Å². The molecule has 0 fully saturated rings. The Morgan fingerprint density at radius 2 is 1.95 bits per heavy atom. The number of aryl methyl sites for hydroxylation is 1. The van der Waals surface area contributed by atoms with Gasteiger partial charge in [-0.2, -0.15) is 0 Å². The number of amides is 1. The van der Waals surface area contributed by atoms with E-state index >= 15 is 0 Å². The number of anilines is 2. The molecule has 0 aliphatic carbocycles. The Morgan fingerprint density at radius 3 is 2.65 bits per heavy atom. The van der Waals surface area contributed by atoms with E-state index in [-0.39, 0.29) is 11.5 Å². The number of hydrogen-bond donors (Lipinski definition) is 2. The van der Waals surface area contributed by atoms with Crippen molar-refractivity contribution in [1.82, 2.24) is 4.57 Å². The summed E-state index contributed by atoms with van der Waals surface area (Å²) in [6.45, 7) is 2.05. The van der Waals surface area contributed by atoms with Crippen LogP contribution in [0.4, 0.5) is 11.4 Å².